The maximum atomic E-state index is 11.2. The molecule has 0 aromatic carbocycles. The van der Waals surface area contributed by atoms with Crippen LogP contribution in [0.25, 0.3) is 0 Å². The Hall–Kier alpha value is -0.580. The molecule has 0 spiro atoms. The van der Waals surface area contributed by atoms with Crippen molar-refractivity contribution in [2.45, 2.75) is 25.1 Å². The lowest BCUT2D eigenvalue weighted by Gasteiger charge is -2.17. The van der Waals surface area contributed by atoms with Crippen LogP contribution in [0.3, 0.4) is 0 Å². The highest BCUT2D eigenvalue weighted by molar-refractivity contribution is 9.10. The number of hydrogen-bond donors (Lipinski definition) is 0. The van der Waals surface area contributed by atoms with Gasteiger partial charge in [-0.05, 0) is 20.8 Å². The minimum Gasteiger partial charge on any atom is -0.465 e. The molecular formula is C8H13BrO4. The van der Waals surface area contributed by atoms with E-state index in [4.69, 9.17) is 0 Å². The van der Waals surface area contributed by atoms with Crippen molar-refractivity contribution in [2.75, 3.05) is 13.2 Å². The van der Waals surface area contributed by atoms with Gasteiger partial charge in [-0.15, -0.1) is 0 Å². The summed E-state index contributed by atoms with van der Waals surface area (Å²) in [5.41, 5.74) is 0. The zero-order valence-corrected chi connectivity index (χ0v) is 9.51. The van der Waals surface area contributed by atoms with Gasteiger partial charge in [0.05, 0.1) is 13.2 Å². The molecule has 0 atom stereocenters. The molecule has 0 aromatic heterocycles. The van der Waals surface area contributed by atoms with E-state index in [9.17, 15) is 9.59 Å². The van der Waals surface area contributed by atoms with Crippen molar-refractivity contribution in [1.82, 2.24) is 0 Å². The van der Waals surface area contributed by atoms with Gasteiger partial charge in [-0.2, -0.15) is 0 Å². The van der Waals surface area contributed by atoms with E-state index in [1.54, 1.807) is 13.8 Å². The van der Waals surface area contributed by atoms with Crippen LogP contribution in [0.15, 0.2) is 0 Å². The van der Waals surface area contributed by atoms with E-state index in [1.165, 1.54) is 6.92 Å². The van der Waals surface area contributed by atoms with Crippen LogP contribution in [-0.2, 0) is 19.1 Å². The molecule has 0 amide bonds. The third kappa shape index (κ3) is 3.34. The number of rotatable bonds is 4. The topological polar surface area (TPSA) is 52.6 Å². The molecule has 0 heterocycles. The minimum absolute atomic E-state index is 0.236. The molecule has 13 heavy (non-hydrogen) atoms. The van der Waals surface area contributed by atoms with E-state index in [-0.39, 0.29) is 13.2 Å². The molecule has 0 rings (SSSR count). The van der Waals surface area contributed by atoms with Gasteiger partial charge in [0.25, 0.3) is 0 Å². The molecule has 4 nitrogen and oxygen atoms in total. The Morgan fingerprint density at radius 2 is 1.46 bits per heavy atom. The molecule has 0 bridgehead atoms. The van der Waals surface area contributed by atoms with Crippen LogP contribution in [0, 0.1) is 0 Å². The van der Waals surface area contributed by atoms with Gasteiger partial charge >= 0.3 is 11.9 Å². The number of esters is 2. The van der Waals surface area contributed by atoms with Gasteiger partial charge in [-0.3, -0.25) is 0 Å². The van der Waals surface area contributed by atoms with E-state index in [2.05, 4.69) is 25.4 Å². The Labute approximate surface area is 85.7 Å². The van der Waals surface area contributed by atoms with E-state index in [0.29, 0.717) is 0 Å². The fourth-order valence-electron chi connectivity index (χ4n) is 0.617. The zero-order chi connectivity index (χ0) is 10.5. The van der Waals surface area contributed by atoms with Crippen LogP contribution in [0.5, 0.6) is 0 Å². The van der Waals surface area contributed by atoms with Crippen molar-refractivity contribution >= 4 is 27.9 Å². The lowest BCUT2D eigenvalue weighted by molar-refractivity contribution is -0.157. The van der Waals surface area contributed by atoms with Gasteiger partial charge in [-0.25, -0.2) is 9.59 Å². The van der Waals surface area contributed by atoms with Gasteiger partial charge in [0.15, 0.2) is 0 Å². The third-order valence-corrected chi connectivity index (χ3v) is 1.97. The molecule has 0 unspecified atom stereocenters. The lowest BCUT2D eigenvalue weighted by Crippen LogP contribution is -2.40. The van der Waals surface area contributed by atoms with Gasteiger partial charge in [0, 0.05) is 0 Å². The molecule has 0 saturated heterocycles. The van der Waals surface area contributed by atoms with Gasteiger partial charge in [0.1, 0.15) is 0 Å². The largest absolute Gasteiger partial charge is 0.465 e. The van der Waals surface area contributed by atoms with E-state index in [0.717, 1.165) is 0 Å². The summed E-state index contributed by atoms with van der Waals surface area (Å²) in [4.78, 5) is 22.4. The quantitative estimate of drug-likeness (QED) is 0.430. The minimum atomic E-state index is -1.39. The van der Waals surface area contributed by atoms with E-state index < -0.39 is 16.3 Å². The van der Waals surface area contributed by atoms with E-state index in [1.807, 2.05) is 0 Å². The first-order valence-corrected chi connectivity index (χ1v) is 4.79. The summed E-state index contributed by atoms with van der Waals surface area (Å²) in [5.74, 6) is -1.26. The summed E-state index contributed by atoms with van der Waals surface area (Å²) >= 11 is 2.97. The van der Waals surface area contributed by atoms with Gasteiger partial charge in [0.2, 0.25) is 4.32 Å². The van der Waals surface area contributed by atoms with Crippen molar-refractivity contribution in [3.8, 4) is 0 Å². The third-order valence-electron chi connectivity index (χ3n) is 1.32. The Balaban J connectivity index is 4.36. The van der Waals surface area contributed by atoms with Crippen LogP contribution in [-0.4, -0.2) is 29.5 Å². The zero-order valence-electron chi connectivity index (χ0n) is 7.93. The summed E-state index contributed by atoms with van der Waals surface area (Å²) in [5, 5.41) is 0. The molecule has 0 saturated carbocycles. The molecule has 5 heteroatoms. The van der Waals surface area contributed by atoms with Crippen LogP contribution in [0.1, 0.15) is 20.8 Å². The predicted octanol–water partition coefficient (Wildman–Crippen LogP) is 1.27. The van der Waals surface area contributed by atoms with Gasteiger partial charge in [-0.1, -0.05) is 15.9 Å². The highest BCUT2D eigenvalue weighted by Crippen LogP contribution is 2.21. The van der Waals surface area contributed by atoms with Crippen LogP contribution >= 0.6 is 15.9 Å². The molecule has 0 aliphatic heterocycles. The van der Waals surface area contributed by atoms with Crippen molar-refractivity contribution in [1.29, 1.82) is 0 Å². The number of carbonyl (C=O) groups excluding carboxylic acids is 2. The predicted molar refractivity (Wildman–Crippen MR) is 50.6 cm³/mol. The first kappa shape index (κ1) is 12.4. The second-order valence-electron chi connectivity index (χ2n) is 2.44. The Morgan fingerprint density at radius 1 is 1.15 bits per heavy atom. The molecule has 0 aliphatic carbocycles. The number of carbonyl (C=O) groups is 2. The summed E-state index contributed by atoms with van der Waals surface area (Å²) in [6.07, 6.45) is 0. The molecule has 0 radical (unpaired) electrons. The molecule has 76 valence electrons. The van der Waals surface area contributed by atoms with Crippen LogP contribution in [0.2, 0.25) is 0 Å². The number of halogens is 1. The molecule has 0 aliphatic rings. The molecule has 0 N–H and O–H groups in total. The molecule has 0 aromatic rings. The standard InChI is InChI=1S/C8H13BrO4/c1-4-12-6(10)8(3,9)7(11)13-5-2/h4-5H2,1-3H3. The normalized spacial score (nSPS) is 10.8. The Bertz CT molecular complexity index is 180. The average Bonchev–Trinajstić information content (AvgIpc) is 2.05. The fourth-order valence-corrected chi connectivity index (χ4v) is 0.846. The maximum Gasteiger partial charge on any atom is 0.334 e. The second-order valence-corrected chi connectivity index (χ2v) is 4.03. The second kappa shape index (κ2) is 5.21. The summed E-state index contributed by atoms with van der Waals surface area (Å²) in [6.45, 7) is 5.22. The van der Waals surface area contributed by atoms with Gasteiger partial charge < -0.3 is 9.47 Å². The van der Waals surface area contributed by atoms with Crippen LogP contribution < -0.4 is 0 Å². The monoisotopic (exact) mass is 252 g/mol. The summed E-state index contributed by atoms with van der Waals surface area (Å²) in [6, 6.07) is 0. The first-order chi connectivity index (χ1) is 5.96. The highest BCUT2D eigenvalue weighted by Gasteiger charge is 2.41. The fraction of sp³-hybridized carbons (Fsp3) is 0.750. The summed E-state index contributed by atoms with van der Waals surface area (Å²) in [7, 11) is 0. The highest BCUT2D eigenvalue weighted by atomic mass is 79.9. The molecule has 0 fully saturated rings. The van der Waals surface area contributed by atoms with Crippen molar-refractivity contribution < 1.29 is 19.1 Å². The van der Waals surface area contributed by atoms with E-state index >= 15 is 0 Å². The smallest absolute Gasteiger partial charge is 0.334 e. The number of alkyl halides is 1. The lowest BCUT2D eigenvalue weighted by atomic mass is 10.2. The average molecular weight is 253 g/mol. The van der Waals surface area contributed by atoms with Crippen molar-refractivity contribution in [3.63, 3.8) is 0 Å². The number of ether oxygens (including phenoxy) is 2. The van der Waals surface area contributed by atoms with Crippen LogP contribution in [0.4, 0.5) is 0 Å². The number of hydrogen-bond acceptors (Lipinski definition) is 4. The van der Waals surface area contributed by atoms with Crippen molar-refractivity contribution in [3.05, 3.63) is 0 Å². The first-order valence-electron chi connectivity index (χ1n) is 4.00. The van der Waals surface area contributed by atoms with Crippen molar-refractivity contribution in [2.24, 2.45) is 0 Å². The Morgan fingerprint density at radius 3 is 1.69 bits per heavy atom. The Kier molecular flexibility index (Phi) is 4.98. The molecular weight excluding hydrogens is 240 g/mol. The summed E-state index contributed by atoms with van der Waals surface area (Å²) < 4.78 is 7.99. The maximum absolute atomic E-state index is 11.2. The SMILES string of the molecule is CCOC(=O)C(C)(Br)C(=O)OCC.